The van der Waals surface area contributed by atoms with Crippen LogP contribution >= 0.6 is 15.9 Å². The summed E-state index contributed by atoms with van der Waals surface area (Å²) in [4.78, 5) is 12.5. The highest BCUT2D eigenvalue weighted by atomic mass is 79.9. The first-order valence-electron chi connectivity index (χ1n) is 6.46. The van der Waals surface area contributed by atoms with Gasteiger partial charge in [0.1, 0.15) is 5.41 Å². The Morgan fingerprint density at radius 1 is 1.45 bits per heavy atom. The number of nitrogens with zero attached hydrogens (tertiary/aromatic N) is 1. The van der Waals surface area contributed by atoms with E-state index in [9.17, 15) is 4.79 Å². The zero-order chi connectivity index (χ0) is 15.3. The molecule has 6 heteroatoms. The minimum atomic E-state index is -1.00. The second-order valence-corrected chi connectivity index (χ2v) is 5.57. The second kappa shape index (κ2) is 6.74. The highest BCUT2D eigenvalue weighted by Crippen LogP contribution is 2.31. The van der Waals surface area contributed by atoms with Crippen molar-refractivity contribution in [3.63, 3.8) is 0 Å². The van der Waals surface area contributed by atoms with Crippen molar-refractivity contribution in [3.05, 3.63) is 28.2 Å². The predicted molar refractivity (Wildman–Crippen MR) is 83.9 cm³/mol. The first-order valence-corrected chi connectivity index (χ1v) is 7.26. The topological polar surface area (TPSA) is 87.7 Å². The van der Waals surface area contributed by atoms with E-state index in [1.54, 1.807) is 0 Å². The highest BCUT2D eigenvalue weighted by Gasteiger charge is 2.40. The first-order chi connectivity index (χ1) is 9.41. The standard InChI is InChI=1S/C14H20BrN3O2/c1-4-14(5-2,12(16)18-20)13(19)17-11-7-6-9(3)8-10(11)15/h6-8,20H,4-5H2,1-3H3,(H2,16,18)(H,17,19). The maximum atomic E-state index is 12.5. The fourth-order valence-corrected chi connectivity index (χ4v) is 2.70. The predicted octanol–water partition coefficient (Wildman–Crippen LogP) is 3.25. The van der Waals surface area contributed by atoms with Crippen LogP contribution in [0.5, 0.6) is 0 Å². The molecular formula is C14H20BrN3O2. The van der Waals surface area contributed by atoms with Gasteiger partial charge in [-0.1, -0.05) is 25.1 Å². The van der Waals surface area contributed by atoms with E-state index in [1.807, 2.05) is 39.0 Å². The summed E-state index contributed by atoms with van der Waals surface area (Å²) < 4.78 is 0.798. The minimum Gasteiger partial charge on any atom is -0.409 e. The van der Waals surface area contributed by atoms with E-state index in [0.717, 1.165) is 10.0 Å². The van der Waals surface area contributed by atoms with Gasteiger partial charge in [-0.05, 0) is 53.4 Å². The fraction of sp³-hybridized carbons (Fsp3) is 0.429. The molecule has 20 heavy (non-hydrogen) atoms. The summed E-state index contributed by atoms with van der Waals surface area (Å²) >= 11 is 3.41. The number of benzene rings is 1. The maximum Gasteiger partial charge on any atom is 0.238 e. The highest BCUT2D eigenvalue weighted by molar-refractivity contribution is 9.10. The molecule has 0 bridgehead atoms. The summed E-state index contributed by atoms with van der Waals surface area (Å²) in [6.45, 7) is 5.64. The van der Waals surface area contributed by atoms with Crippen LogP contribution < -0.4 is 11.1 Å². The van der Waals surface area contributed by atoms with Crippen molar-refractivity contribution in [2.24, 2.45) is 16.3 Å². The number of nitrogens with one attached hydrogen (secondary N) is 1. The number of hydrogen-bond donors (Lipinski definition) is 3. The van der Waals surface area contributed by atoms with Gasteiger partial charge in [0.15, 0.2) is 5.84 Å². The van der Waals surface area contributed by atoms with Gasteiger partial charge >= 0.3 is 0 Å². The zero-order valence-corrected chi connectivity index (χ0v) is 13.5. The Labute approximate surface area is 127 Å². The third-order valence-electron chi connectivity index (χ3n) is 3.61. The lowest BCUT2D eigenvalue weighted by atomic mass is 9.80. The zero-order valence-electron chi connectivity index (χ0n) is 11.9. The number of carbonyl (C=O) groups excluding carboxylic acids is 1. The molecule has 0 aliphatic rings. The van der Waals surface area contributed by atoms with E-state index < -0.39 is 5.41 Å². The van der Waals surface area contributed by atoms with E-state index in [-0.39, 0.29) is 11.7 Å². The Kier molecular flexibility index (Phi) is 5.56. The maximum absolute atomic E-state index is 12.5. The van der Waals surface area contributed by atoms with Crippen LogP contribution in [-0.4, -0.2) is 17.0 Å². The number of amidine groups is 1. The minimum absolute atomic E-state index is 0.0664. The number of carbonyl (C=O) groups is 1. The Hall–Kier alpha value is -1.56. The van der Waals surface area contributed by atoms with Crippen LogP contribution in [0.4, 0.5) is 5.69 Å². The molecule has 1 aromatic rings. The van der Waals surface area contributed by atoms with Crippen molar-refractivity contribution in [2.45, 2.75) is 33.6 Å². The molecule has 1 amide bonds. The second-order valence-electron chi connectivity index (χ2n) is 4.71. The lowest BCUT2D eigenvalue weighted by Crippen LogP contribution is -2.46. The summed E-state index contributed by atoms with van der Waals surface area (Å²) in [5, 5.41) is 14.8. The van der Waals surface area contributed by atoms with Gasteiger partial charge < -0.3 is 16.3 Å². The third-order valence-corrected chi connectivity index (χ3v) is 4.27. The molecule has 0 radical (unpaired) electrons. The molecule has 0 aliphatic heterocycles. The van der Waals surface area contributed by atoms with Gasteiger partial charge in [0.25, 0.3) is 0 Å². The van der Waals surface area contributed by atoms with E-state index >= 15 is 0 Å². The number of nitrogens with two attached hydrogens (primary N) is 1. The Balaban J connectivity index is 3.09. The van der Waals surface area contributed by atoms with Crippen molar-refractivity contribution >= 4 is 33.4 Å². The van der Waals surface area contributed by atoms with Crippen molar-refractivity contribution in [2.75, 3.05) is 5.32 Å². The summed E-state index contributed by atoms with van der Waals surface area (Å²) in [5.41, 5.74) is 6.47. The molecule has 0 saturated carbocycles. The summed E-state index contributed by atoms with van der Waals surface area (Å²) in [6.07, 6.45) is 0.906. The third kappa shape index (κ3) is 3.12. The largest absolute Gasteiger partial charge is 0.409 e. The molecule has 0 heterocycles. The van der Waals surface area contributed by atoms with Gasteiger partial charge in [0.05, 0.1) is 5.69 Å². The molecule has 1 rings (SSSR count). The molecule has 4 N–H and O–H groups in total. The molecule has 0 atom stereocenters. The lowest BCUT2D eigenvalue weighted by Gasteiger charge is -2.28. The average molecular weight is 342 g/mol. The van der Waals surface area contributed by atoms with Crippen LogP contribution in [0.25, 0.3) is 0 Å². The van der Waals surface area contributed by atoms with Gasteiger partial charge in [0.2, 0.25) is 5.91 Å². The van der Waals surface area contributed by atoms with Crippen LogP contribution in [0.1, 0.15) is 32.3 Å². The van der Waals surface area contributed by atoms with Crippen LogP contribution in [0.3, 0.4) is 0 Å². The lowest BCUT2D eigenvalue weighted by molar-refractivity contribution is -0.122. The Bertz CT molecular complexity index is 525. The number of hydrogen-bond acceptors (Lipinski definition) is 3. The van der Waals surface area contributed by atoms with Gasteiger partial charge in [-0.25, -0.2) is 0 Å². The Morgan fingerprint density at radius 3 is 2.50 bits per heavy atom. The molecule has 0 fully saturated rings. The number of anilines is 1. The molecule has 0 unspecified atom stereocenters. The van der Waals surface area contributed by atoms with Crippen molar-refractivity contribution in [1.29, 1.82) is 0 Å². The summed E-state index contributed by atoms with van der Waals surface area (Å²) in [7, 11) is 0. The fourth-order valence-electron chi connectivity index (χ4n) is 2.11. The van der Waals surface area contributed by atoms with Crippen LogP contribution in [0.2, 0.25) is 0 Å². The smallest absolute Gasteiger partial charge is 0.238 e. The first kappa shape index (κ1) is 16.5. The SMILES string of the molecule is CCC(CC)(C(=O)Nc1ccc(C)cc1Br)C(N)=NO. The van der Waals surface area contributed by atoms with Crippen LogP contribution in [0.15, 0.2) is 27.8 Å². The molecule has 5 nitrogen and oxygen atoms in total. The van der Waals surface area contributed by atoms with E-state index in [0.29, 0.717) is 18.5 Å². The molecular weight excluding hydrogens is 322 g/mol. The van der Waals surface area contributed by atoms with Gasteiger partial charge in [-0.2, -0.15) is 0 Å². The molecule has 0 aliphatic carbocycles. The van der Waals surface area contributed by atoms with Crippen LogP contribution in [-0.2, 0) is 4.79 Å². The molecule has 0 saturated heterocycles. The number of oxime groups is 1. The quantitative estimate of drug-likeness (QED) is 0.332. The van der Waals surface area contributed by atoms with Gasteiger partial charge in [-0.3, -0.25) is 4.79 Å². The van der Waals surface area contributed by atoms with Crippen molar-refractivity contribution in [1.82, 2.24) is 0 Å². The molecule has 1 aromatic carbocycles. The normalized spacial score (nSPS) is 12.3. The van der Waals surface area contributed by atoms with Crippen molar-refractivity contribution < 1.29 is 10.0 Å². The number of rotatable bonds is 5. The van der Waals surface area contributed by atoms with Gasteiger partial charge in [-0.15, -0.1) is 0 Å². The number of amides is 1. The molecule has 110 valence electrons. The summed E-state index contributed by atoms with van der Waals surface area (Å²) in [6, 6.07) is 5.64. The monoisotopic (exact) mass is 341 g/mol. The van der Waals surface area contributed by atoms with E-state index in [4.69, 9.17) is 10.9 Å². The molecule has 0 aromatic heterocycles. The van der Waals surface area contributed by atoms with Crippen molar-refractivity contribution in [3.8, 4) is 0 Å². The average Bonchev–Trinajstić information content (AvgIpc) is 2.43. The van der Waals surface area contributed by atoms with E-state index in [1.165, 1.54) is 0 Å². The Morgan fingerprint density at radius 2 is 2.05 bits per heavy atom. The number of aryl methyl sites for hydroxylation is 1. The van der Waals surface area contributed by atoms with E-state index in [2.05, 4.69) is 26.4 Å². The molecule has 0 spiro atoms. The summed E-state index contributed by atoms with van der Waals surface area (Å²) in [5.74, 6) is -0.342. The van der Waals surface area contributed by atoms with Crippen LogP contribution in [0, 0.1) is 12.3 Å². The van der Waals surface area contributed by atoms with Gasteiger partial charge in [0, 0.05) is 4.47 Å². The number of halogens is 1.